The summed E-state index contributed by atoms with van der Waals surface area (Å²) < 4.78 is 34.4. The second-order valence-corrected chi connectivity index (χ2v) is 7.41. The number of ether oxygens (including phenoxy) is 1. The van der Waals surface area contributed by atoms with Crippen molar-refractivity contribution in [3.8, 4) is 0 Å². The van der Waals surface area contributed by atoms with E-state index in [2.05, 4.69) is 9.82 Å². The van der Waals surface area contributed by atoms with Crippen LogP contribution in [0.2, 0.25) is 0 Å². The molecule has 7 nitrogen and oxygen atoms in total. The number of nitrogens with one attached hydrogen (secondary N) is 1. The molecule has 0 bridgehead atoms. The van der Waals surface area contributed by atoms with E-state index in [0.29, 0.717) is 13.0 Å². The van der Waals surface area contributed by atoms with Crippen molar-refractivity contribution in [2.24, 2.45) is 12.5 Å². The lowest BCUT2D eigenvalue weighted by Crippen LogP contribution is -2.61. The molecule has 8 heteroatoms. The van der Waals surface area contributed by atoms with E-state index in [1.807, 2.05) is 20.8 Å². The van der Waals surface area contributed by atoms with Gasteiger partial charge in [-0.25, -0.2) is 13.1 Å². The number of anilines is 1. The van der Waals surface area contributed by atoms with Gasteiger partial charge < -0.3 is 10.5 Å². The summed E-state index contributed by atoms with van der Waals surface area (Å²) in [5, 5.41) is 3.86. The highest BCUT2D eigenvalue weighted by atomic mass is 32.2. The molecule has 1 aliphatic carbocycles. The van der Waals surface area contributed by atoms with Gasteiger partial charge in [-0.2, -0.15) is 5.10 Å². The molecule has 2 unspecified atom stereocenters. The summed E-state index contributed by atoms with van der Waals surface area (Å²) in [7, 11) is -2.02. The van der Waals surface area contributed by atoms with Crippen molar-refractivity contribution in [2.45, 2.75) is 44.2 Å². The van der Waals surface area contributed by atoms with Gasteiger partial charge in [0.25, 0.3) is 0 Å². The van der Waals surface area contributed by atoms with E-state index in [4.69, 9.17) is 10.5 Å². The normalized spacial score (nSPS) is 25.4. The Hall–Kier alpha value is -1.12. The largest absolute Gasteiger partial charge is 0.381 e. The fourth-order valence-corrected chi connectivity index (χ4v) is 4.02. The first-order valence-electron chi connectivity index (χ1n) is 6.61. The van der Waals surface area contributed by atoms with Crippen molar-refractivity contribution < 1.29 is 13.2 Å². The molecule has 0 spiro atoms. The standard InChI is InChI=1S/C12H22N4O3S/c1-5-19-10-6-9(12(10,2)3)15-20(17,18)8-7-16(4)14-11(8)13/h7,9-10,15H,5-6H2,1-4H3,(H2,13,14). The van der Waals surface area contributed by atoms with Gasteiger partial charge in [-0.1, -0.05) is 13.8 Å². The van der Waals surface area contributed by atoms with Gasteiger partial charge in [-0.05, 0) is 13.3 Å². The van der Waals surface area contributed by atoms with E-state index in [9.17, 15) is 8.42 Å². The quantitative estimate of drug-likeness (QED) is 0.824. The predicted octanol–water partition coefficient (Wildman–Crippen LogP) is 0.484. The first-order chi connectivity index (χ1) is 9.18. The number of hydrogen-bond acceptors (Lipinski definition) is 5. The molecule has 0 amide bonds. The lowest BCUT2D eigenvalue weighted by Gasteiger charge is -2.51. The van der Waals surface area contributed by atoms with E-state index < -0.39 is 10.0 Å². The zero-order chi connectivity index (χ0) is 15.1. The molecule has 2 atom stereocenters. The molecule has 1 aliphatic rings. The van der Waals surface area contributed by atoms with Crippen LogP contribution in [0.4, 0.5) is 5.82 Å². The number of hydrogen-bond donors (Lipinski definition) is 2. The zero-order valence-electron chi connectivity index (χ0n) is 12.3. The van der Waals surface area contributed by atoms with E-state index >= 15 is 0 Å². The minimum Gasteiger partial charge on any atom is -0.381 e. The van der Waals surface area contributed by atoms with Gasteiger partial charge in [-0.3, -0.25) is 4.68 Å². The van der Waals surface area contributed by atoms with Crippen LogP contribution in [0.15, 0.2) is 11.1 Å². The molecule has 0 radical (unpaired) electrons. The van der Waals surface area contributed by atoms with Crippen LogP contribution in [-0.2, 0) is 21.8 Å². The lowest BCUT2D eigenvalue weighted by atomic mass is 9.65. The van der Waals surface area contributed by atoms with Gasteiger partial charge in [0.1, 0.15) is 4.90 Å². The maximum atomic E-state index is 12.3. The Kier molecular flexibility index (Phi) is 3.83. The highest BCUT2D eigenvalue weighted by molar-refractivity contribution is 7.89. The molecule has 1 heterocycles. The zero-order valence-corrected chi connectivity index (χ0v) is 13.1. The van der Waals surface area contributed by atoms with Crippen molar-refractivity contribution in [1.29, 1.82) is 0 Å². The Morgan fingerprint density at radius 2 is 2.25 bits per heavy atom. The lowest BCUT2D eigenvalue weighted by molar-refractivity contribution is -0.108. The number of aryl methyl sites for hydroxylation is 1. The highest BCUT2D eigenvalue weighted by Gasteiger charge is 2.50. The first-order valence-corrected chi connectivity index (χ1v) is 8.10. The third-order valence-corrected chi connectivity index (χ3v) is 5.44. The third-order valence-electron chi connectivity index (χ3n) is 3.95. The number of aromatic nitrogens is 2. The van der Waals surface area contributed by atoms with Crippen LogP contribution < -0.4 is 10.5 Å². The molecule has 1 aromatic heterocycles. The monoisotopic (exact) mass is 302 g/mol. The molecule has 114 valence electrons. The summed E-state index contributed by atoms with van der Waals surface area (Å²) in [6.45, 7) is 6.56. The summed E-state index contributed by atoms with van der Waals surface area (Å²) in [6, 6.07) is -0.163. The minimum atomic E-state index is -3.65. The van der Waals surface area contributed by atoms with Crippen LogP contribution in [0.1, 0.15) is 27.2 Å². The van der Waals surface area contributed by atoms with Crippen LogP contribution >= 0.6 is 0 Å². The molecule has 1 aromatic rings. The van der Waals surface area contributed by atoms with Gasteiger partial charge in [0, 0.05) is 31.3 Å². The maximum Gasteiger partial charge on any atom is 0.246 e. The van der Waals surface area contributed by atoms with Gasteiger partial charge in [0.2, 0.25) is 10.0 Å². The number of rotatable bonds is 5. The summed E-state index contributed by atoms with van der Waals surface area (Å²) >= 11 is 0. The van der Waals surface area contributed by atoms with E-state index in [0.717, 1.165) is 0 Å². The van der Waals surface area contributed by atoms with Gasteiger partial charge in [0.15, 0.2) is 5.82 Å². The van der Waals surface area contributed by atoms with Crippen LogP contribution in [0.5, 0.6) is 0 Å². The molecule has 0 saturated heterocycles. The third kappa shape index (κ3) is 2.55. The molecule has 0 aliphatic heterocycles. The average molecular weight is 302 g/mol. The van der Waals surface area contributed by atoms with E-state index in [-0.39, 0.29) is 28.3 Å². The molecule has 20 heavy (non-hydrogen) atoms. The first kappa shape index (κ1) is 15.3. The van der Waals surface area contributed by atoms with Crippen molar-refractivity contribution >= 4 is 15.8 Å². The highest BCUT2D eigenvalue weighted by Crippen LogP contribution is 2.43. The number of nitrogen functional groups attached to an aromatic ring is 1. The molecular weight excluding hydrogens is 280 g/mol. The predicted molar refractivity (Wildman–Crippen MR) is 75.5 cm³/mol. The molecule has 1 fully saturated rings. The molecule has 3 N–H and O–H groups in total. The minimum absolute atomic E-state index is 0.0125. The van der Waals surface area contributed by atoms with Crippen molar-refractivity contribution in [3.63, 3.8) is 0 Å². The van der Waals surface area contributed by atoms with Crippen LogP contribution in [0.3, 0.4) is 0 Å². The Labute approximate surface area is 119 Å². The van der Waals surface area contributed by atoms with E-state index in [1.54, 1.807) is 7.05 Å². The van der Waals surface area contributed by atoms with Gasteiger partial charge in [-0.15, -0.1) is 0 Å². The van der Waals surface area contributed by atoms with Crippen LogP contribution in [-0.4, -0.2) is 37.0 Å². The van der Waals surface area contributed by atoms with Gasteiger partial charge >= 0.3 is 0 Å². The van der Waals surface area contributed by atoms with Crippen molar-refractivity contribution in [1.82, 2.24) is 14.5 Å². The fourth-order valence-electron chi connectivity index (χ4n) is 2.51. The Balaban J connectivity index is 2.13. The summed E-state index contributed by atoms with van der Waals surface area (Å²) in [4.78, 5) is 0.0238. The topological polar surface area (TPSA) is 99.2 Å². The van der Waals surface area contributed by atoms with Gasteiger partial charge in [0.05, 0.1) is 6.10 Å². The van der Waals surface area contributed by atoms with Crippen LogP contribution in [0, 0.1) is 5.41 Å². The second kappa shape index (κ2) is 5.01. The second-order valence-electron chi connectivity index (χ2n) is 5.73. The van der Waals surface area contributed by atoms with Crippen molar-refractivity contribution in [3.05, 3.63) is 6.20 Å². The summed E-state index contributed by atoms with van der Waals surface area (Å²) in [5.74, 6) is 0.0125. The number of sulfonamides is 1. The molecule has 2 rings (SSSR count). The molecule has 1 saturated carbocycles. The fraction of sp³-hybridized carbons (Fsp3) is 0.750. The van der Waals surface area contributed by atoms with E-state index in [1.165, 1.54) is 10.9 Å². The Morgan fingerprint density at radius 3 is 2.70 bits per heavy atom. The number of nitrogens with zero attached hydrogens (tertiary/aromatic N) is 2. The SMILES string of the molecule is CCOC1CC(NS(=O)(=O)c2cn(C)nc2N)C1(C)C. The summed E-state index contributed by atoms with van der Waals surface area (Å²) in [5.41, 5.74) is 5.39. The molecule has 0 aromatic carbocycles. The van der Waals surface area contributed by atoms with Crippen LogP contribution in [0.25, 0.3) is 0 Å². The maximum absolute atomic E-state index is 12.3. The average Bonchev–Trinajstić information content (AvgIpc) is 2.68. The number of nitrogens with two attached hydrogens (primary N) is 1. The molecular formula is C12H22N4O3S. The smallest absolute Gasteiger partial charge is 0.246 e. The Morgan fingerprint density at radius 1 is 1.60 bits per heavy atom. The van der Waals surface area contributed by atoms with Crippen molar-refractivity contribution in [2.75, 3.05) is 12.3 Å². The summed E-state index contributed by atoms with van der Waals surface area (Å²) in [6.07, 6.45) is 2.15. The Bertz CT molecular complexity index is 594.